The first-order valence-corrected chi connectivity index (χ1v) is 5.98. The molecule has 0 amide bonds. The summed E-state index contributed by atoms with van der Waals surface area (Å²) in [5.41, 5.74) is 1.17. The number of aromatic hydroxyl groups is 1. The highest BCUT2D eigenvalue weighted by atomic mass is 35.5. The summed E-state index contributed by atoms with van der Waals surface area (Å²) in [5, 5.41) is 13.4. The van der Waals surface area contributed by atoms with Crippen LogP contribution < -0.4 is 5.32 Å². The zero-order valence-electron chi connectivity index (χ0n) is 9.25. The van der Waals surface area contributed by atoms with Gasteiger partial charge in [-0.3, -0.25) is 0 Å². The van der Waals surface area contributed by atoms with E-state index in [1.54, 1.807) is 18.2 Å². The van der Waals surface area contributed by atoms with Crippen molar-refractivity contribution in [3.63, 3.8) is 0 Å². The summed E-state index contributed by atoms with van der Waals surface area (Å²) in [6.45, 7) is 0.301. The van der Waals surface area contributed by atoms with Crippen LogP contribution in [0.2, 0.25) is 10.0 Å². The molecule has 0 bridgehead atoms. The van der Waals surface area contributed by atoms with E-state index >= 15 is 0 Å². The van der Waals surface area contributed by atoms with E-state index in [0.717, 1.165) is 0 Å². The fourth-order valence-corrected chi connectivity index (χ4v) is 2.09. The van der Waals surface area contributed by atoms with Gasteiger partial charge >= 0.3 is 0 Å². The Morgan fingerprint density at radius 2 is 1.94 bits per heavy atom. The molecular formula is C13H10Cl2FNO. The van der Waals surface area contributed by atoms with E-state index in [-0.39, 0.29) is 16.6 Å². The molecule has 0 atom stereocenters. The van der Waals surface area contributed by atoms with Gasteiger partial charge in [-0.1, -0.05) is 29.3 Å². The van der Waals surface area contributed by atoms with E-state index in [4.69, 9.17) is 23.2 Å². The molecule has 5 heteroatoms. The maximum atomic E-state index is 13.0. The van der Waals surface area contributed by atoms with Crippen molar-refractivity contribution in [1.29, 1.82) is 0 Å². The van der Waals surface area contributed by atoms with Gasteiger partial charge in [-0.05, 0) is 30.3 Å². The van der Waals surface area contributed by atoms with Crippen molar-refractivity contribution < 1.29 is 9.50 Å². The predicted octanol–water partition coefficient (Wildman–Crippen LogP) is 4.45. The van der Waals surface area contributed by atoms with Gasteiger partial charge in [0.1, 0.15) is 11.6 Å². The maximum Gasteiger partial charge on any atom is 0.139 e. The van der Waals surface area contributed by atoms with Gasteiger partial charge < -0.3 is 10.4 Å². The highest BCUT2D eigenvalue weighted by molar-refractivity contribution is 6.35. The molecule has 0 aliphatic rings. The monoisotopic (exact) mass is 285 g/mol. The number of hydrogen-bond donors (Lipinski definition) is 2. The first kappa shape index (κ1) is 13.0. The highest BCUT2D eigenvalue weighted by Crippen LogP contribution is 2.31. The third-order valence-corrected chi connectivity index (χ3v) is 2.92. The molecule has 2 nitrogen and oxygen atoms in total. The number of hydrogen-bond acceptors (Lipinski definition) is 2. The second-order valence-corrected chi connectivity index (χ2v) is 4.60. The topological polar surface area (TPSA) is 32.3 Å². The van der Waals surface area contributed by atoms with E-state index < -0.39 is 0 Å². The van der Waals surface area contributed by atoms with Crippen molar-refractivity contribution in [3.05, 3.63) is 57.8 Å². The molecular weight excluding hydrogens is 276 g/mol. The number of benzene rings is 2. The molecule has 0 radical (unpaired) electrons. The smallest absolute Gasteiger partial charge is 0.139 e. The van der Waals surface area contributed by atoms with Crippen LogP contribution >= 0.6 is 23.2 Å². The molecule has 0 unspecified atom stereocenters. The van der Waals surface area contributed by atoms with Crippen LogP contribution in [0.4, 0.5) is 10.1 Å². The van der Waals surface area contributed by atoms with Crippen molar-refractivity contribution in [3.8, 4) is 5.75 Å². The molecule has 0 fully saturated rings. The predicted molar refractivity (Wildman–Crippen MR) is 71.9 cm³/mol. The number of phenols is 1. The van der Waals surface area contributed by atoms with Crippen LogP contribution in [-0.2, 0) is 6.54 Å². The molecule has 2 aromatic rings. The summed E-state index contributed by atoms with van der Waals surface area (Å²) in [6.07, 6.45) is 0. The van der Waals surface area contributed by atoms with Crippen molar-refractivity contribution >= 4 is 28.9 Å². The van der Waals surface area contributed by atoms with Gasteiger partial charge in [0.05, 0.1) is 5.02 Å². The fraction of sp³-hybridized carbons (Fsp3) is 0.0769. The standard InChI is InChI=1S/C13H10Cl2FNO/c14-9-4-8(13(18)12(15)5-9)7-17-11-3-1-2-10(16)6-11/h1-6,17-18H,7H2. The van der Waals surface area contributed by atoms with Crippen LogP contribution in [0.15, 0.2) is 36.4 Å². The normalized spacial score (nSPS) is 10.4. The van der Waals surface area contributed by atoms with Crippen LogP contribution in [0.5, 0.6) is 5.75 Å². The Balaban J connectivity index is 2.15. The average Bonchev–Trinajstić information content (AvgIpc) is 2.32. The van der Waals surface area contributed by atoms with Gasteiger partial charge in [-0.2, -0.15) is 0 Å². The first-order valence-electron chi connectivity index (χ1n) is 5.22. The molecule has 2 rings (SSSR count). The highest BCUT2D eigenvalue weighted by Gasteiger charge is 2.07. The van der Waals surface area contributed by atoms with E-state index in [9.17, 15) is 9.50 Å². The molecule has 2 N–H and O–H groups in total. The van der Waals surface area contributed by atoms with Crippen LogP contribution in [-0.4, -0.2) is 5.11 Å². The Labute approximate surface area is 114 Å². The van der Waals surface area contributed by atoms with Gasteiger partial charge in [0.25, 0.3) is 0 Å². The van der Waals surface area contributed by atoms with Gasteiger partial charge in [0.2, 0.25) is 0 Å². The molecule has 0 aliphatic heterocycles. The largest absolute Gasteiger partial charge is 0.506 e. The first-order chi connectivity index (χ1) is 8.56. The van der Waals surface area contributed by atoms with E-state index in [0.29, 0.717) is 22.8 Å². The van der Waals surface area contributed by atoms with Gasteiger partial charge in [0.15, 0.2) is 0 Å². The summed E-state index contributed by atoms with van der Waals surface area (Å²) >= 11 is 11.6. The Hall–Kier alpha value is -1.45. The Bertz CT molecular complexity index is 575. The number of halogens is 3. The summed E-state index contributed by atoms with van der Waals surface area (Å²) in [7, 11) is 0. The lowest BCUT2D eigenvalue weighted by atomic mass is 10.2. The average molecular weight is 286 g/mol. The second-order valence-electron chi connectivity index (χ2n) is 3.76. The summed E-state index contributed by atoms with van der Waals surface area (Å²) in [4.78, 5) is 0. The summed E-state index contributed by atoms with van der Waals surface area (Å²) in [6, 6.07) is 9.12. The van der Waals surface area contributed by atoms with Crippen molar-refractivity contribution in [2.45, 2.75) is 6.54 Å². The second kappa shape index (κ2) is 5.46. The molecule has 18 heavy (non-hydrogen) atoms. The number of nitrogens with one attached hydrogen (secondary N) is 1. The molecule has 0 spiro atoms. The molecule has 0 heterocycles. The third-order valence-electron chi connectivity index (χ3n) is 2.41. The molecule has 0 saturated heterocycles. The SMILES string of the molecule is Oc1c(Cl)cc(Cl)cc1CNc1cccc(F)c1. The van der Waals surface area contributed by atoms with Gasteiger partial charge in [0, 0.05) is 22.8 Å². The minimum Gasteiger partial charge on any atom is -0.506 e. The lowest BCUT2D eigenvalue weighted by Gasteiger charge is -2.09. The number of phenolic OH excluding ortho intramolecular Hbond substituents is 1. The summed E-state index contributed by atoms with van der Waals surface area (Å²) in [5.74, 6) is -0.349. The maximum absolute atomic E-state index is 13.0. The van der Waals surface area contributed by atoms with Gasteiger partial charge in [-0.15, -0.1) is 0 Å². The van der Waals surface area contributed by atoms with Crippen LogP contribution in [0.25, 0.3) is 0 Å². The number of rotatable bonds is 3. The Morgan fingerprint density at radius 3 is 2.67 bits per heavy atom. The quantitative estimate of drug-likeness (QED) is 0.873. The van der Waals surface area contributed by atoms with Crippen LogP contribution in [0.1, 0.15) is 5.56 Å². The van der Waals surface area contributed by atoms with Gasteiger partial charge in [-0.25, -0.2) is 4.39 Å². The van der Waals surface area contributed by atoms with Crippen LogP contribution in [0, 0.1) is 5.82 Å². The number of anilines is 1. The van der Waals surface area contributed by atoms with Crippen LogP contribution in [0.3, 0.4) is 0 Å². The Morgan fingerprint density at radius 1 is 1.17 bits per heavy atom. The zero-order chi connectivity index (χ0) is 13.1. The molecule has 0 aliphatic carbocycles. The van der Waals surface area contributed by atoms with E-state index in [1.165, 1.54) is 18.2 Å². The summed E-state index contributed by atoms with van der Waals surface area (Å²) < 4.78 is 13.0. The van der Waals surface area contributed by atoms with E-state index in [2.05, 4.69) is 5.32 Å². The minimum atomic E-state index is -0.326. The molecule has 94 valence electrons. The Kier molecular flexibility index (Phi) is 3.94. The lowest BCUT2D eigenvalue weighted by Crippen LogP contribution is -2.00. The lowest BCUT2D eigenvalue weighted by molar-refractivity contribution is 0.469. The van der Waals surface area contributed by atoms with Crippen molar-refractivity contribution in [2.24, 2.45) is 0 Å². The molecule has 2 aromatic carbocycles. The molecule has 0 saturated carbocycles. The van der Waals surface area contributed by atoms with Crippen molar-refractivity contribution in [1.82, 2.24) is 0 Å². The van der Waals surface area contributed by atoms with Crippen molar-refractivity contribution in [2.75, 3.05) is 5.32 Å². The third kappa shape index (κ3) is 3.06. The molecule has 0 aromatic heterocycles. The zero-order valence-corrected chi connectivity index (χ0v) is 10.8. The fourth-order valence-electron chi connectivity index (χ4n) is 1.55. The van der Waals surface area contributed by atoms with E-state index in [1.807, 2.05) is 0 Å². The minimum absolute atomic E-state index is 0.0232.